The van der Waals surface area contributed by atoms with E-state index in [1.165, 1.54) is 28.7 Å². The molecule has 0 aromatic carbocycles. The number of aliphatic hydroxyl groups excluding tert-OH is 1. The number of aliphatic hydroxyl groups is 1. The summed E-state index contributed by atoms with van der Waals surface area (Å²) in [6.07, 6.45) is 9.47. The standard InChI is InChI=1S/C17H17N5OS/c23-10-8-22(9-10)16-14-11-3-1-2-4-13(11)24-17(14)21-15(20-16)12-7-18-5-6-19-12/h5-7,10,23H,1-4,8-9H2. The van der Waals surface area contributed by atoms with Crippen LogP contribution in [-0.4, -0.2) is 44.2 Å². The zero-order valence-corrected chi connectivity index (χ0v) is 14.0. The summed E-state index contributed by atoms with van der Waals surface area (Å²) in [5.74, 6) is 1.57. The number of nitrogens with zero attached hydrogens (tertiary/aromatic N) is 5. The van der Waals surface area contributed by atoms with Gasteiger partial charge in [-0.25, -0.2) is 15.0 Å². The van der Waals surface area contributed by atoms with Crippen molar-refractivity contribution in [2.75, 3.05) is 18.0 Å². The molecule has 3 aromatic heterocycles. The van der Waals surface area contributed by atoms with Gasteiger partial charge < -0.3 is 10.0 Å². The van der Waals surface area contributed by atoms with Crippen LogP contribution in [0.25, 0.3) is 21.7 Å². The lowest BCUT2D eigenvalue weighted by Gasteiger charge is -2.37. The van der Waals surface area contributed by atoms with E-state index in [4.69, 9.17) is 9.97 Å². The molecule has 6 nitrogen and oxygen atoms in total. The first kappa shape index (κ1) is 14.2. The SMILES string of the molecule is OC1CN(c2nc(-c3cnccn3)nc3sc4c(c23)CCCC4)C1. The number of aryl methyl sites for hydroxylation is 2. The Morgan fingerprint density at radius 3 is 2.79 bits per heavy atom. The van der Waals surface area contributed by atoms with Crippen molar-refractivity contribution in [2.24, 2.45) is 0 Å². The minimum absolute atomic E-state index is 0.260. The number of β-amino-alcohol motifs (C(OH)–C–C–N with tert-alkyl or cyclic N) is 1. The number of hydrogen-bond donors (Lipinski definition) is 1. The molecule has 3 aromatic rings. The van der Waals surface area contributed by atoms with Gasteiger partial charge in [0.15, 0.2) is 5.82 Å². The van der Waals surface area contributed by atoms with Crippen LogP contribution in [0.4, 0.5) is 5.82 Å². The van der Waals surface area contributed by atoms with Gasteiger partial charge in [0.05, 0.1) is 17.7 Å². The van der Waals surface area contributed by atoms with Crippen molar-refractivity contribution in [3.05, 3.63) is 29.0 Å². The zero-order valence-electron chi connectivity index (χ0n) is 13.1. The molecule has 24 heavy (non-hydrogen) atoms. The van der Waals surface area contributed by atoms with E-state index >= 15 is 0 Å². The van der Waals surface area contributed by atoms with Gasteiger partial charge in [0, 0.05) is 30.4 Å². The molecule has 122 valence electrons. The van der Waals surface area contributed by atoms with Crippen LogP contribution in [0.3, 0.4) is 0 Å². The molecular formula is C17H17N5OS. The molecular weight excluding hydrogens is 322 g/mol. The van der Waals surface area contributed by atoms with Crippen LogP contribution >= 0.6 is 11.3 Å². The molecule has 0 saturated carbocycles. The highest BCUT2D eigenvalue weighted by Gasteiger charge is 2.30. The molecule has 7 heteroatoms. The molecule has 0 bridgehead atoms. The molecule has 0 radical (unpaired) electrons. The summed E-state index contributed by atoms with van der Waals surface area (Å²) in [5.41, 5.74) is 2.11. The van der Waals surface area contributed by atoms with E-state index in [1.807, 2.05) is 0 Å². The lowest BCUT2D eigenvalue weighted by molar-refractivity contribution is 0.141. The fourth-order valence-corrected chi connectivity index (χ4v) is 4.78. The number of fused-ring (bicyclic) bond motifs is 3. The molecule has 2 aliphatic rings. The van der Waals surface area contributed by atoms with E-state index in [9.17, 15) is 5.11 Å². The highest BCUT2D eigenvalue weighted by atomic mass is 32.1. The lowest BCUT2D eigenvalue weighted by Crippen LogP contribution is -2.51. The summed E-state index contributed by atoms with van der Waals surface area (Å²) < 4.78 is 0. The number of aromatic nitrogens is 4. The van der Waals surface area contributed by atoms with Crippen LogP contribution in [0.15, 0.2) is 18.6 Å². The molecule has 1 N–H and O–H groups in total. The van der Waals surface area contributed by atoms with Crippen LogP contribution in [0, 0.1) is 0 Å². The fourth-order valence-electron chi connectivity index (χ4n) is 3.52. The summed E-state index contributed by atoms with van der Waals surface area (Å²) in [4.78, 5) is 22.7. The first-order valence-corrected chi connectivity index (χ1v) is 9.13. The summed E-state index contributed by atoms with van der Waals surface area (Å²) in [7, 11) is 0. The van der Waals surface area contributed by atoms with E-state index in [0.29, 0.717) is 24.6 Å². The van der Waals surface area contributed by atoms with Gasteiger partial charge in [0.1, 0.15) is 16.3 Å². The van der Waals surface area contributed by atoms with Crippen molar-refractivity contribution in [3.8, 4) is 11.5 Å². The maximum Gasteiger partial charge on any atom is 0.183 e. The van der Waals surface area contributed by atoms with E-state index < -0.39 is 0 Å². The second-order valence-corrected chi connectivity index (χ2v) is 7.49. The Labute approximate surface area is 143 Å². The number of anilines is 1. The topological polar surface area (TPSA) is 75.0 Å². The summed E-state index contributed by atoms with van der Waals surface area (Å²) in [6, 6.07) is 0. The molecule has 0 spiro atoms. The Hall–Kier alpha value is -2.12. The molecule has 1 saturated heterocycles. The minimum Gasteiger partial charge on any atom is -0.389 e. The van der Waals surface area contributed by atoms with E-state index in [1.54, 1.807) is 29.9 Å². The van der Waals surface area contributed by atoms with E-state index in [0.717, 1.165) is 23.5 Å². The third kappa shape index (κ3) is 2.19. The Morgan fingerprint density at radius 1 is 1.12 bits per heavy atom. The number of thiophene rings is 1. The van der Waals surface area contributed by atoms with Crippen LogP contribution < -0.4 is 4.90 Å². The molecule has 0 amide bonds. The predicted octanol–water partition coefficient (Wildman–Crippen LogP) is 2.21. The average Bonchev–Trinajstić information content (AvgIpc) is 2.97. The smallest absolute Gasteiger partial charge is 0.183 e. The summed E-state index contributed by atoms with van der Waals surface area (Å²) in [5, 5.41) is 10.9. The molecule has 1 aliphatic heterocycles. The third-order valence-corrected chi connectivity index (χ3v) is 5.94. The van der Waals surface area contributed by atoms with E-state index in [-0.39, 0.29) is 6.10 Å². The highest BCUT2D eigenvalue weighted by molar-refractivity contribution is 7.19. The summed E-state index contributed by atoms with van der Waals surface area (Å²) in [6.45, 7) is 1.27. The van der Waals surface area contributed by atoms with Crippen molar-refractivity contribution in [3.63, 3.8) is 0 Å². The van der Waals surface area contributed by atoms with Gasteiger partial charge in [0.25, 0.3) is 0 Å². The minimum atomic E-state index is -0.260. The number of hydrogen-bond acceptors (Lipinski definition) is 7. The van der Waals surface area contributed by atoms with Gasteiger partial charge in [-0.2, -0.15) is 0 Å². The van der Waals surface area contributed by atoms with Crippen LogP contribution in [-0.2, 0) is 12.8 Å². The number of rotatable bonds is 2. The van der Waals surface area contributed by atoms with Gasteiger partial charge in [-0.3, -0.25) is 4.98 Å². The van der Waals surface area contributed by atoms with Crippen LogP contribution in [0.5, 0.6) is 0 Å². The lowest BCUT2D eigenvalue weighted by atomic mass is 9.96. The highest BCUT2D eigenvalue weighted by Crippen LogP contribution is 2.41. The van der Waals surface area contributed by atoms with Gasteiger partial charge in [-0.15, -0.1) is 11.3 Å². The molecule has 1 fully saturated rings. The van der Waals surface area contributed by atoms with Crippen molar-refractivity contribution < 1.29 is 5.11 Å². The quantitative estimate of drug-likeness (QED) is 0.771. The predicted molar refractivity (Wildman–Crippen MR) is 93.3 cm³/mol. The Kier molecular flexibility index (Phi) is 3.24. The van der Waals surface area contributed by atoms with Gasteiger partial charge in [-0.1, -0.05) is 0 Å². The molecule has 1 aliphatic carbocycles. The largest absolute Gasteiger partial charge is 0.389 e. The average molecular weight is 339 g/mol. The van der Waals surface area contributed by atoms with Crippen molar-refractivity contribution in [2.45, 2.75) is 31.8 Å². The monoisotopic (exact) mass is 339 g/mol. The Morgan fingerprint density at radius 2 is 2.00 bits per heavy atom. The first-order chi connectivity index (χ1) is 11.8. The van der Waals surface area contributed by atoms with Gasteiger partial charge >= 0.3 is 0 Å². The third-order valence-electron chi connectivity index (χ3n) is 4.75. The fraction of sp³-hybridized carbons (Fsp3) is 0.412. The molecule has 0 unspecified atom stereocenters. The van der Waals surface area contributed by atoms with E-state index in [2.05, 4.69) is 14.9 Å². The van der Waals surface area contributed by atoms with Crippen molar-refractivity contribution in [1.29, 1.82) is 0 Å². The second-order valence-electron chi connectivity index (χ2n) is 6.41. The first-order valence-electron chi connectivity index (χ1n) is 8.31. The molecule has 5 rings (SSSR count). The van der Waals surface area contributed by atoms with Gasteiger partial charge in [0.2, 0.25) is 0 Å². The van der Waals surface area contributed by atoms with Gasteiger partial charge in [-0.05, 0) is 31.2 Å². The van der Waals surface area contributed by atoms with Crippen LogP contribution in [0.2, 0.25) is 0 Å². The molecule has 4 heterocycles. The second kappa shape index (κ2) is 5.46. The van der Waals surface area contributed by atoms with Crippen molar-refractivity contribution in [1.82, 2.24) is 19.9 Å². The van der Waals surface area contributed by atoms with Crippen molar-refractivity contribution >= 4 is 27.4 Å². The normalized spacial score (nSPS) is 17.8. The maximum absolute atomic E-state index is 9.72. The Bertz CT molecular complexity index is 904. The summed E-state index contributed by atoms with van der Waals surface area (Å²) >= 11 is 1.79. The zero-order chi connectivity index (χ0) is 16.1. The molecule has 0 atom stereocenters. The Balaban J connectivity index is 1.73. The van der Waals surface area contributed by atoms with Crippen LogP contribution in [0.1, 0.15) is 23.3 Å². The maximum atomic E-state index is 9.72.